The molecule has 0 bridgehead atoms. The van der Waals surface area contributed by atoms with Gasteiger partial charge in [-0.2, -0.15) is 0 Å². The van der Waals surface area contributed by atoms with Gasteiger partial charge in [0.1, 0.15) is 5.78 Å². The molecule has 0 amide bonds. The van der Waals surface area contributed by atoms with Gasteiger partial charge in [0.05, 0.1) is 24.2 Å². The Kier molecular flexibility index (Phi) is 9.94. The molecule has 1 fully saturated rings. The lowest BCUT2D eigenvalue weighted by Gasteiger charge is -2.40. The van der Waals surface area contributed by atoms with Crippen molar-refractivity contribution < 1.29 is 23.2 Å². The Labute approximate surface area is 214 Å². The van der Waals surface area contributed by atoms with Crippen molar-refractivity contribution in [3.05, 3.63) is 0 Å². The zero-order chi connectivity index (χ0) is 27.1. The Bertz CT molecular complexity index is 699. The van der Waals surface area contributed by atoms with Crippen LogP contribution in [-0.2, 0) is 18.1 Å². The standard InChI is InChI=1S/C26H56O5Si3/c1-24(2,3)32(10,11)29-17-16-19(27)22-20(30-33(12,13)25(4,5)6)18-21(23(22)28)31-34(14,15)26(7,8)9/h20-23,28H,16-18H2,1-15H3/t20-,21-,22+,23-/m0/s1. The van der Waals surface area contributed by atoms with Gasteiger partial charge in [0.2, 0.25) is 0 Å². The molecule has 0 aromatic rings. The lowest BCUT2D eigenvalue weighted by molar-refractivity contribution is -0.129. The van der Waals surface area contributed by atoms with E-state index in [0.717, 1.165) is 0 Å². The van der Waals surface area contributed by atoms with Crippen LogP contribution in [0.4, 0.5) is 0 Å². The molecule has 1 aliphatic rings. The van der Waals surface area contributed by atoms with Gasteiger partial charge in [0.25, 0.3) is 0 Å². The lowest BCUT2D eigenvalue weighted by Crippen LogP contribution is -2.47. The van der Waals surface area contributed by atoms with E-state index in [9.17, 15) is 9.90 Å². The Morgan fingerprint density at radius 2 is 1.12 bits per heavy atom. The number of hydrogen-bond acceptors (Lipinski definition) is 5. The quantitative estimate of drug-likeness (QED) is 0.320. The maximum atomic E-state index is 13.5. The van der Waals surface area contributed by atoms with Gasteiger partial charge in [-0.3, -0.25) is 4.79 Å². The summed E-state index contributed by atoms with van der Waals surface area (Å²) in [4.78, 5) is 13.5. The van der Waals surface area contributed by atoms with Crippen molar-refractivity contribution in [1.82, 2.24) is 0 Å². The maximum absolute atomic E-state index is 13.5. The van der Waals surface area contributed by atoms with Gasteiger partial charge < -0.3 is 18.4 Å². The molecule has 1 N–H and O–H groups in total. The third-order valence-corrected chi connectivity index (χ3v) is 22.7. The molecule has 4 atom stereocenters. The topological polar surface area (TPSA) is 65.0 Å². The van der Waals surface area contributed by atoms with Crippen molar-refractivity contribution in [1.29, 1.82) is 0 Å². The number of aliphatic hydroxyl groups is 1. The largest absolute Gasteiger partial charge is 0.416 e. The molecule has 34 heavy (non-hydrogen) atoms. The molecule has 0 radical (unpaired) electrons. The van der Waals surface area contributed by atoms with Crippen LogP contribution >= 0.6 is 0 Å². The third kappa shape index (κ3) is 7.59. The lowest BCUT2D eigenvalue weighted by atomic mass is 9.96. The number of rotatable bonds is 9. The zero-order valence-corrected chi connectivity index (χ0v) is 28.0. The summed E-state index contributed by atoms with van der Waals surface area (Å²) in [5.41, 5.74) is 0. The van der Waals surface area contributed by atoms with Gasteiger partial charge in [-0.15, -0.1) is 0 Å². The highest BCUT2D eigenvalue weighted by atomic mass is 28.4. The number of carbonyl (C=O) groups is 1. The molecule has 0 spiro atoms. The Hall–Kier alpha value is 0.161. The van der Waals surface area contributed by atoms with Crippen LogP contribution in [0.15, 0.2) is 0 Å². The summed E-state index contributed by atoms with van der Waals surface area (Å²) in [6, 6.07) is 0. The molecule has 0 aromatic heterocycles. The first-order valence-corrected chi connectivity index (χ1v) is 21.8. The average Bonchev–Trinajstić information content (AvgIpc) is 2.85. The molecule has 1 rings (SSSR count). The first-order chi connectivity index (χ1) is 14.8. The smallest absolute Gasteiger partial charge is 0.192 e. The second kappa shape index (κ2) is 10.5. The molecule has 5 nitrogen and oxygen atoms in total. The summed E-state index contributed by atoms with van der Waals surface area (Å²) < 4.78 is 19.7. The minimum absolute atomic E-state index is 0.0232. The minimum atomic E-state index is -2.13. The molecule has 8 heteroatoms. The molecule has 0 saturated heterocycles. The minimum Gasteiger partial charge on any atom is -0.416 e. The van der Waals surface area contributed by atoms with Crippen LogP contribution in [-0.4, -0.2) is 60.8 Å². The van der Waals surface area contributed by atoms with Crippen LogP contribution < -0.4 is 0 Å². The van der Waals surface area contributed by atoms with E-state index < -0.39 is 37.0 Å². The van der Waals surface area contributed by atoms with E-state index in [1.54, 1.807) is 0 Å². The van der Waals surface area contributed by atoms with Gasteiger partial charge in [-0.05, 0) is 54.4 Å². The van der Waals surface area contributed by atoms with Crippen LogP contribution in [0, 0.1) is 5.92 Å². The summed E-state index contributed by atoms with van der Waals surface area (Å²) in [7, 11) is -6.17. The molecule has 1 saturated carbocycles. The Morgan fingerprint density at radius 3 is 1.50 bits per heavy atom. The maximum Gasteiger partial charge on any atom is 0.192 e. The predicted octanol–water partition coefficient (Wildman–Crippen LogP) is 7.13. The fraction of sp³-hybridized carbons (Fsp3) is 0.962. The summed E-state index contributed by atoms with van der Waals surface area (Å²) in [6.07, 6.45) is -0.654. The van der Waals surface area contributed by atoms with E-state index in [2.05, 4.69) is 102 Å². The van der Waals surface area contributed by atoms with Crippen LogP contribution in [0.25, 0.3) is 0 Å². The van der Waals surface area contributed by atoms with Crippen LogP contribution in [0.1, 0.15) is 75.2 Å². The first kappa shape index (κ1) is 32.2. The fourth-order valence-electron chi connectivity index (χ4n) is 3.50. The van der Waals surface area contributed by atoms with Crippen LogP contribution in [0.2, 0.25) is 54.4 Å². The molecule has 0 aliphatic heterocycles. The molecule has 0 unspecified atom stereocenters. The van der Waals surface area contributed by atoms with Crippen molar-refractivity contribution in [3.8, 4) is 0 Å². The van der Waals surface area contributed by atoms with Gasteiger partial charge in [0.15, 0.2) is 25.0 Å². The van der Waals surface area contributed by atoms with Crippen molar-refractivity contribution in [2.45, 2.75) is 148 Å². The summed E-state index contributed by atoms with van der Waals surface area (Å²) >= 11 is 0. The van der Waals surface area contributed by atoms with E-state index in [4.69, 9.17) is 13.3 Å². The van der Waals surface area contributed by atoms with E-state index in [1.165, 1.54) is 0 Å². The molecule has 0 heterocycles. The molecular weight excluding hydrogens is 477 g/mol. The van der Waals surface area contributed by atoms with Gasteiger partial charge in [-0.1, -0.05) is 62.3 Å². The van der Waals surface area contributed by atoms with E-state index in [0.29, 0.717) is 19.4 Å². The molecule has 202 valence electrons. The SMILES string of the molecule is CC(C)(C)[Si](C)(C)OCCC(=O)[C@H]1[C@@H](O)[C@@H](O[Si](C)(C)C(C)(C)C)C[C@@H]1O[Si](C)(C)C(C)(C)C. The third-order valence-electron chi connectivity index (χ3n) is 9.11. The van der Waals surface area contributed by atoms with Crippen LogP contribution in [0.3, 0.4) is 0 Å². The fourth-order valence-corrected chi connectivity index (χ4v) is 7.25. The Balaban J connectivity index is 3.12. The number of hydrogen-bond donors (Lipinski definition) is 1. The van der Waals surface area contributed by atoms with Crippen molar-refractivity contribution in [2.75, 3.05) is 6.61 Å². The molecular formula is C26H56O5Si3. The number of ketones is 1. The van der Waals surface area contributed by atoms with Crippen molar-refractivity contribution in [2.24, 2.45) is 5.92 Å². The normalized spacial score (nSPS) is 25.6. The summed E-state index contributed by atoms with van der Waals surface area (Å²) in [5.74, 6) is -0.525. The van der Waals surface area contributed by atoms with E-state index >= 15 is 0 Å². The number of carbonyl (C=O) groups excluding carboxylic acids is 1. The predicted molar refractivity (Wildman–Crippen MR) is 151 cm³/mol. The number of Topliss-reactive ketones (excluding diaryl/α,β-unsaturated/α-hetero) is 1. The van der Waals surface area contributed by atoms with Gasteiger partial charge in [0, 0.05) is 19.4 Å². The van der Waals surface area contributed by atoms with E-state index in [-0.39, 0.29) is 33.1 Å². The summed E-state index contributed by atoms with van der Waals surface area (Å²) in [6.45, 7) is 33.5. The van der Waals surface area contributed by atoms with Gasteiger partial charge >= 0.3 is 0 Å². The highest BCUT2D eigenvalue weighted by Gasteiger charge is 2.53. The monoisotopic (exact) mass is 532 g/mol. The first-order valence-electron chi connectivity index (χ1n) is 13.0. The van der Waals surface area contributed by atoms with Gasteiger partial charge in [-0.25, -0.2) is 0 Å². The highest BCUT2D eigenvalue weighted by Crippen LogP contribution is 2.45. The number of aliphatic hydroxyl groups excluding tert-OH is 1. The van der Waals surface area contributed by atoms with Crippen molar-refractivity contribution in [3.63, 3.8) is 0 Å². The average molecular weight is 533 g/mol. The molecule has 1 aliphatic carbocycles. The molecule has 0 aromatic carbocycles. The Morgan fingerprint density at radius 1 is 0.735 bits per heavy atom. The van der Waals surface area contributed by atoms with Crippen LogP contribution in [0.5, 0.6) is 0 Å². The highest BCUT2D eigenvalue weighted by molar-refractivity contribution is 6.75. The van der Waals surface area contributed by atoms with Crippen molar-refractivity contribution >= 4 is 30.7 Å². The summed E-state index contributed by atoms with van der Waals surface area (Å²) in [5, 5.41) is 11.5. The second-order valence-corrected chi connectivity index (χ2v) is 29.2. The van der Waals surface area contributed by atoms with E-state index in [1.807, 2.05) is 0 Å². The second-order valence-electron chi connectivity index (χ2n) is 14.9. The zero-order valence-electron chi connectivity index (χ0n) is 25.0.